The lowest BCUT2D eigenvalue weighted by Gasteiger charge is -2.47. The summed E-state index contributed by atoms with van der Waals surface area (Å²) in [6.07, 6.45) is 2.62. The minimum absolute atomic E-state index is 0.0952. The van der Waals surface area contributed by atoms with Gasteiger partial charge >= 0.3 is 0 Å². The van der Waals surface area contributed by atoms with E-state index in [2.05, 4.69) is 26.1 Å². The number of benzene rings is 2. The Morgan fingerprint density at radius 2 is 1.46 bits per heavy atom. The smallest absolute Gasteiger partial charge is 0.262 e. The number of nitrogens with one attached hydrogen (secondary N) is 1. The van der Waals surface area contributed by atoms with Gasteiger partial charge in [0.05, 0.1) is 11.1 Å². The van der Waals surface area contributed by atoms with E-state index in [1.54, 1.807) is 31.3 Å². The molecule has 1 aliphatic heterocycles. The number of amides is 4. The van der Waals surface area contributed by atoms with Crippen molar-refractivity contribution < 1.29 is 19.2 Å². The Morgan fingerprint density at radius 1 is 0.946 bits per heavy atom. The largest absolute Gasteiger partial charge is 0.329 e. The summed E-state index contributed by atoms with van der Waals surface area (Å²) in [4.78, 5) is 55.8. The number of hydrogen-bond acceptors (Lipinski definition) is 4. The highest BCUT2D eigenvalue weighted by Crippen LogP contribution is 2.44. The molecular formula is C30H37N3O4. The Morgan fingerprint density at radius 3 is 1.95 bits per heavy atom. The molecule has 0 spiro atoms. The summed E-state index contributed by atoms with van der Waals surface area (Å²) >= 11 is 0. The van der Waals surface area contributed by atoms with Crippen molar-refractivity contribution in [1.82, 2.24) is 9.80 Å². The normalized spacial score (nSPS) is 21.6. The average molecular weight is 504 g/mol. The minimum Gasteiger partial charge on any atom is -0.329 e. The van der Waals surface area contributed by atoms with E-state index < -0.39 is 29.8 Å². The minimum atomic E-state index is -1.08. The SMILES string of the molecule is Cc1cccc(C)c1NC(=O)C1(N(C)C(=O)CN2C(=O)c3ccccc3C2=O)CCC(C(C)(C)C)CC1. The average Bonchev–Trinajstić information content (AvgIpc) is 3.10. The van der Waals surface area contributed by atoms with Crippen LogP contribution in [0.1, 0.15) is 78.3 Å². The van der Waals surface area contributed by atoms with Crippen molar-refractivity contribution in [2.45, 2.75) is 65.8 Å². The van der Waals surface area contributed by atoms with Crippen molar-refractivity contribution in [3.63, 3.8) is 0 Å². The number of nitrogens with zero attached hydrogens (tertiary/aromatic N) is 2. The maximum absolute atomic E-state index is 14.0. The first-order valence-electron chi connectivity index (χ1n) is 13.0. The van der Waals surface area contributed by atoms with Gasteiger partial charge in [-0.25, -0.2) is 0 Å². The standard InChI is InChI=1S/C30H37N3O4/c1-19-10-9-11-20(2)25(19)31-28(37)30(16-14-21(15-17-30)29(3,4)5)32(6)24(34)18-33-26(35)22-12-7-8-13-23(22)27(33)36/h7-13,21H,14-18H2,1-6H3,(H,31,37). The molecule has 7 nitrogen and oxygen atoms in total. The maximum atomic E-state index is 14.0. The summed E-state index contributed by atoms with van der Waals surface area (Å²) in [5, 5.41) is 3.12. The molecule has 1 saturated carbocycles. The highest BCUT2D eigenvalue weighted by molar-refractivity contribution is 6.22. The van der Waals surface area contributed by atoms with Crippen LogP contribution in [-0.2, 0) is 9.59 Å². The number of carbonyl (C=O) groups excluding carboxylic acids is 4. The molecule has 1 heterocycles. The lowest BCUT2D eigenvalue weighted by molar-refractivity contribution is -0.147. The van der Waals surface area contributed by atoms with Crippen LogP contribution in [0.15, 0.2) is 42.5 Å². The lowest BCUT2D eigenvalue weighted by Crippen LogP contribution is -2.61. The third-order valence-corrected chi connectivity index (χ3v) is 8.37. The number of likely N-dealkylation sites (N-methyl/N-ethyl adjacent to an activating group) is 1. The van der Waals surface area contributed by atoms with Crippen LogP contribution in [0.4, 0.5) is 5.69 Å². The van der Waals surface area contributed by atoms with Gasteiger partial charge in [0.15, 0.2) is 0 Å². The second-order valence-corrected chi connectivity index (χ2v) is 11.6. The molecule has 4 amide bonds. The van der Waals surface area contributed by atoms with Crippen molar-refractivity contribution in [3.8, 4) is 0 Å². The zero-order chi connectivity index (χ0) is 27.1. The van der Waals surface area contributed by atoms with Crippen LogP contribution in [0.5, 0.6) is 0 Å². The van der Waals surface area contributed by atoms with Crippen LogP contribution in [-0.4, -0.2) is 52.6 Å². The van der Waals surface area contributed by atoms with E-state index in [0.29, 0.717) is 29.9 Å². The number of aryl methyl sites for hydroxylation is 2. The molecule has 1 aliphatic carbocycles. The molecule has 7 heteroatoms. The maximum Gasteiger partial charge on any atom is 0.262 e. The van der Waals surface area contributed by atoms with Crippen LogP contribution >= 0.6 is 0 Å². The van der Waals surface area contributed by atoms with Crippen LogP contribution in [0.2, 0.25) is 0 Å². The molecule has 1 fully saturated rings. The molecule has 4 rings (SSSR count). The summed E-state index contributed by atoms with van der Waals surface area (Å²) in [6.45, 7) is 10.1. The molecule has 37 heavy (non-hydrogen) atoms. The van der Waals surface area contributed by atoms with Gasteiger partial charge in [0.25, 0.3) is 11.8 Å². The van der Waals surface area contributed by atoms with Gasteiger partial charge in [-0.1, -0.05) is 51.1 Å². The van der Waals surface area contributed by atoms with Crippen molar-refractivity contribution in [3.05, 3.63) is 64.7 Å². The van der Waals surface area contributed by atoms with Crippen LogP contribution in [0.25, 0.3) is 0 Å². The number of carbonyl (C=O) groups is 4. The molecular weight excluding hydrogens is 466 g/mol. The molecule has 2 aromatic rings. The second kappa shape index (κ2) is 9.77. The van der Waals surface area contributed by atoms with Crippen molar-refractivity contribution in [1.29, 1.82) is 0 Å². The molecule has 196 valence electrons. The highest BCUT2D eigenvalue weighted by Gasteiger charge is 2.49. The van der Waals surface area contributed by atoms with E-state index in [-0.39, 0.29) is 11.3 Å². The van der Waals surface area contributed by atoms with E-state index in [9.17, 15) is 19.2 Å². The predicted molar refractivity (Wildman–Crippen MR) is 143 cm³/mol. The molecule has 0 unspecified atom stereocenters. The van der Waals surface area contributed by atoms with E-state index in [4.69, 9.17) is 0 Å². The summed E-state index contributed by atoms with van der Waals surface area (Å²) < 4.78 is 0. The van der Waals surface area contributed by atoms with E-state index in [1.165, 1.54) is 4.90 Å². The quantitative estimate of drug-likeness (QED) is 0.584. The van der Waals surface area contributed by atoms with Gasteiger partial charge in [0.2, 0.25) is 11.8 Å². The Labute approximate surface area is 219 Å². The summed E-state index contributed by atoms with van der Waals surface area (Å²) in [7, 11) is 1.63. The van der Waals surface area contributed by atoms with E-state index >= 15 is 0 Å². The van der Waals surface area contributed by atoms with Crippen molar-refractivity contribution >= 4 is 29.3 Å². The van der Waals surface area contributed by atoms with E-state index in [0.717, 1.165) is 34.6 Å². The molecule has 0 radical (unpaired) electrons. The lowest BCUT2D eigenvalue weighted by atomic mass is 9.66. The van der Waals surface area contributed by atoms with Crippen molar-refractivity contribution in [2.75, 3.05) is 18.9 Å². The van der Waals surface area contributed by atoms with Gasteiger partial charge in [0.1, 0.15) is 12.1 Å². The second-order valence-electron chi connectivity index (χ2n) is 11.6. The fourth-order valence-electron chi connectivity index (χ4n) is 5.78. The monoisotopic (exact) mass is 503 g/mol. The number of anilines is 1. The Kier molecular flexibility index (Phi) is 7.01. The number of imide groups is 1. The number of rotatable bonds is 5. The van der Waals surface area contributed by atoms with Crippen LogP contribution < -0.4 is 5.32 Å². The van der Waals surface area contributed by atoms with E-state index in [1.807, 2.05) is 32.0 Å². The number of fused-ring (bicyclic) bond motifs is 1. The van der Waals surface area contributed by atoms with Gasteiger partial charge in [-0.15, -0.1) is 0 Å². The van der Waals surface area contributed by atoms with Crippen molar-refractivity contribution in [2.24, 2.45) is 11.3 Å². The third kappa shape index (κ3) is 4.79. The summed E-state index contributed by atoms with van der Waals surface area (Å²) in [5.74, 6) is -1.19. The van der Waals surface area contributed by atoms with Gasteiger partial charge < -0.3 is 10.2 Å². The third-order valence-electron chi connectivity index (χ3n) is 8.37. The summed E-state index contributed by atoms with van der Waals surface area (Å²) in [6, 6.07) is 12.4. The van der Waals surface area contributed by atoms with Crippen LogP contribution in [0.3, 0.4) is 0 Å². The molecule has 0 bridgehead atoms. The first-order chi connectivity index (χ1) is 17.4. The Bertz CT molecular complexity index is 1200. The highest BCUT2D eigenvalue weighted by atomic mass is 16.2. The molecule has 0 saturated heterocycles. The molecule has 0 atom stereocenters. The van der Waals surface area contributed by atoms with Gasteiger partial charge in [-0.2, -0.15) is 0 Å². The Hall–Kier alpha value is -3.48. The molecule has 2 aliphatic rings. The summed E-state index contributed by atoms with van der Waals surface area (Å²) in [5.41, 5.74) is 2.28. The molecule has 1 N–H and O–H groups in total. The molecule has 2 aromatic carbocycles. The molecule has 0 aromatic heterocycles. The van der Waals surface area contributed by atoms with Crippen LogP contribution in [0, 0.1) is 25.2 Å². The van der Waals surface area contributed by atoms with Gasteiger partial charge in [-0.05, 0) is 74.1 Å². The number of para-hydroxylation sites is 1. The first kappa shape index (κ1) is 26.6. The fourth-order valence-corrected chi connectivity index (χ4v) is 5.78. The zero-order valence-electron chi connectivity index (χ0n) is 22.7. The zero-order valence-corrected chi connectivity index (χ0v) is 22.7. The topological polar surface area (TPSA) is 86.8 Å². The number of hydrogen-bond donors (Lipinski definition) is 1. The van der Waals surface area contributed by atoms with Gasteiger partial charge in [-0.3, -0.25) is 24.1 Å². The Balaban J connectivity index is 1.61. The fraction of sp³-hybridized carbons (Fsp3) is 0.467. The predicted octanol–water partition coefficient (Wildman–Crippen LogP) is 4.97. The first-order valence-corrected chi connectivity index (χ1v) is 13.0. The van der Waals surface area contributed by atoms with Gasteiger partial charge in [0, 0.05) is 12.7 Å².